The van der Waals surface area contributed by atoms with Crippen LogP contribution in [0.5, 0.6) is 0 Å². The number of aliphatic hydroxyl groups is 2. The number of carbonyl (C=O) groups is 2. The van der Waals surface area contributed by atoms with Gasteiger partial charge >= 0.3 is 5.97 Å². The second kappa shape index (κ2) is 69.8. The Morgan fingerprint density at radius 3 is 0.963 bits per heavy atom. The molecule has 0 aliphatic heterocycles. The summed E-state index contributed by atoms with van der Waals surface area (Å²) in [6, 6.07) is -0.537. The zero-order chi connectivity index (χ0) is 57.8. The predicted molar refractivity (Wildman–Crippen MR) is 352 cm³/mol. The lowest BCUT2D eigenvalue weighted by Crippen LogP contribution is -2.45. The number of nitrogens with one attached hydrogen (secondary N) is 1. The third kappa shape index (κ3) is 65.5. The van der Waals surface area contributed by atoms with E-state index in [1.807, 2.05) is 0 Å². The third-order valence-electron chi connectivity index (χ3n) is 17.3. The van der Waals surface area contributed by atoms with Gasteiger partial charge in [0, 0.05) is 12.8 Å². The van der Waals surface area contributed by atoms with Crippen LogP contribution in [-0.4, -0.2) is 47.4 Å². The van der Waals surface area contributed by atoms with Gasteiger partial charge in [0.25, 0.3) is 0 Å². The summed E-state index contributed by atoms with van der Waals surface area (Å²) in [6.45, 7) is 4.97. The molecular formula is C74H143NO5. The Morgan fingerprint density at radius 1 is 0.350 bits per heavy atom. The Balaban J connectivity index is 3.31. The van der Waals surface area contributed by atoms with E-state index in [4.69, 9.17) is 4.74 Å². The maximum Gasteiger partial charge on any atom is 0.305 e. The summed E-state index contributed by atoms with van der Waals surface area (Å²) in [5.41, 5.74) is 0. The average Bonchev–Trinajstić information content (AvgIpc) is 3.46. The van der Waals surface area contributed by atoms with Gasteiger partial charge in [-0.25, -0.2) is 0 Å². The first-order valence-corrected chi connectivity index (χ1v) is 36.6. The standard InChI is InChI=1S/C74H143NO5/c1-3-5-7-9-11-13-15-17-19-20-37-40-44-48-52-56-60-64-68-74(79)80-69-65-61-57-53-49-45-41-38-35-33-31-29-27-25-23-21-22-24-26-28-30-32-34-36-39-43-47-51-55-59-63-67-73(78)75-71(70-76)72(77)66-62-58-54-50-46-42-18-16-14-12-10-8-6-4-2/h13,15,19-20,71-72,76-77H,3-12,14,16-18,21-70H2,1-2H3,(H,75,78)/b15-13-,20-19-. The SMILES string of the molecule is CCCCCC/C=C\C/C=C\CCCCCCCCCC(=O)OCCCCCCCCCCCCCCCCCCCCCCCCCCCCCCCCCC(=O)NC(CO)C(O)CCCCCCCCCCCCCCCC. The van der Waals surface area contributed by atoms with Crippen molar-refractivity contribution in [3.8, 4) is 0 Å². The zero-order valence-corrected chi connectivity index (χ0v) is 54.3. The normalized spacial score (nSPS) is 12.6. The van der Waals surface area contributed by atoms with Crippen LogP contribution >= 0.6 is 0 Å². The van der Waals surface area contributed by atoms with Crippen LogP contribution in [0.25, 0.3) is 0 Å². The molecule has 0 aromatic rings. The maximum absolute atomic E-state index is 12.5. The van der Waals surface area contributed by atoms with E-state index in [9.17, 15) is 19.8 Å². The maximum atomic E-state index is 12.5. The number of aliphatic hydroxyl groups excluding tert-OH is 2. The lowest BCUT2D eigenvalue weighted by Gasteiger charge is -2.22. The number of ether oxygens (including phenoxy) is 1. The fourth-order valence-corrected chi connectivity index (χ4v) is 11.7. The molecule has 0 spiro atoms. The van der Waals surface area contributed by atoms with Gasteiger partial charge in [0.2, 0.25) is 5.91 Å². The Morgan fingerprint density at radius 2 is 0.625 bits per heavy atom. The molecule has 0 heterocycles. The van der Waals surface area contributed by atoms with Gasteiger partial charge in [-0.05, 0) is 57.8 Å². The molecule has 474 valence electrons. The van der Waals surface area contributed by atoms with E-state index >= 15 is 0 Å². The molecule has 0 aromatic heterocycles. The molecule has 0 saturated carbocycles. The topological polar surface area (TPSA) is 95.9 Å². The van der Waals surface area contributed by atoms with E-state index in [-0.39, 0.29) is 18.5 Å². The molecule has 0 aliphatic carbocycles. The minimum Gasteiger partial charge on any atom is -0.466 e. The van der Waals surface area contributed by atoms with E-state index in [0.29, 0.717) is 25.9 Å². The summed E-state index contributed by atoms with van der Waals surface area (Å²) in [6.07, 6.45) is 88.1. The first kappa shape index (κ1) is 78.3. The van der Waals surface area contributed by atoms with Crippen LogP contribution in [0.2, 0.25) is 0 Å². The summed E-state index contributed by atoms with van der Waals surface area (Å²) >= 11 is 0. The van der Waals surface area contributed by atoms with E-state index in [1.54, 1.807) is 0 Å². The lowest BCUT2D eigenvalue weighted by atomic mass is 10.0. The number of rotatable bonds is 69. The number of esters is 1. The number of unbranched alkanes of at least 4 members (excludes halogenated alkanes) is 54. The highest BCUT2D eigenvalue weighted by Gasteiger charge is 2.20. The molecule has 2 unspecified atom stereocenters. The highest BCUT2D eigenvalue weighted by Crippen LogP contribution is 2.19. The number of allylic oxidation sites excluding steroid dienone is 4. The van der Waals surface area contributed by atoms with Crippen molar-refractivity contribution in [2.75, 3.05) is 13.2 Å². The van der Waals surface area contributed by atoms with Gasteiger partial charge in [0.15, 0.2) is 0 Å². The fraction of sp³-hybridized carbons (Fsp3) is 0.919. The molecule has 0 aliphatic rings. The third-order valence-corrected chi connectivity index (χ3v) is 17.3. The van der Waals surface area contributed by atoms with Crippen molar-refractivity contribution in [1.82, 2.24) is 5.32 Å². The first-order valence-electron chi connectivity index (χ1n) is 36.6. The van der Waals surface area contributed by atoms with Gasteiger partial charge in [-0.1, -0.05) is 366 Å². The molecule has 6 nitrogen and oxygen atoms in total. The van der Waals surface area contributed by atoms with Crippen LogP contribution < -0.4 is 5.32 Å². The quantitative estimate of drug-likeness (QED) is 0.0320. The number of hydrogen-bond acceptors (Lipinski definition) is 5. The monoisotopic (exact) mass is 1130 g/mol. The van der Waals surface area contributed by atoms with E-state index in [1.165, 1.54) is 327 Å². The van der Waals surface area contributed by atoms with Gasteiger partial charge in [0.1, 0.15) is 0 Å². The molecule has 0 fully saturated rings. The second-order valence-electron chi connectivity index (χ2n) is 25.3. The first-order chi connectivity index (χ1) is 39.5. The molecule has 80 heavy (non-hydrogen) atoms. The van der Waals surface area contributed by atoms with Crippen molar-refractivity contribution in [2.24, 2.45) is 0 Å². The Labute approximate surface area is 501 Å². The fourth-order valence-electron chi connectivity index (χ4n) is 11.7. The van der Waals surface area contributed by atoms with Crippen LogP contribution in [0.3, 0.4) is 0 Å². The molecule has 0 aromatic carbocycles. The largest absolute Gasteiger partial charge is 0.466 e. The number of hydrogen-bond donors (Lipinski definition) is 3. The lowest BCUT2D eigenvalue weighted by molar-refractivity contribution is -0.143. The zero-order valence-electron chi connectivity index (χ0n) is 54.3. The number of amides is 1. The average molecular weight is 1130 g/mol. The molecule has 6 heteroatoms. The van der Waals surface area contributed by atoms with Crippen LogP contribution in [0.1, 0.15) is 412 Å². The molecule has 2 atom stereocenters. The second-order valence-corrected chi connectivity index (χ2v) is 25.3. The van der Waals surface area contributed by atoms with Crippen LogP contribution in [0, 0.1) is 0 Å². The molecule has 3 N–H and O–H groups in total. The van der Waals surface area contributed by atoms with Crippen LogP contribution in [0.15, 0.2) is 24.3 Å². The van der Waals surface area contributed by atoms with Crippen molar-refractivity contribution in [3.63, 3.8) is 0 Å². The summed E-state index contributed by atoms with van der Waals surface area (Å²) < 4.78 is 5.51. The smallest absolute Gasteiger partial charge is 0.305 e. The van der Waals surface area contributed by atoms with Gasteiger partial charge in [-0.15, -0.1) is 0 Å². The van der Waals surface area contributed by atoms with E-state index < -0.39 is 12.1 Å². The molecule has 1 amide bonds. The molecular weight excluding hydrogens is 983 g/mol. The molecule has 0 radical (unpaired) electrons. The van der Waals surface area contributed by atoms with Crippen molar-refractivity contribution in [1.29, 1.82) is 0 Å². The van der Waals surface area contributed by atoms with Crippen molar-refractivity contribution in [2.45, 2.75) is 424 Å². The van der Waals surface area contributed by atoms with Gasteiger partial charge in [0.05, 0.1) is 25.4 Å². The Kier molecular flexibility index (Phi) is 68.4. The van der Waals surface area contributed by atoms with Crippen LogP contribution in [-0.2, 0) is 14.3 Å². The van der Waals surface area contributed by atoms with Crippen LogP contribution in [0.4, 0.5) is 0 Å². The minimum absolute atomic E-state index is 0.0140. The minimum atomic E-state index is -0.660. The Hall–Kier alpha value is -1.66. The van der Waals surface area contributed by atoms with Gasteiger partial charge < -0.3 is 20.3 Å². The summed E-state index contributed by atoms with van der Waals surface area (Å²) in [7, 11) is 0. The molecule has 0 saturated heterocycles. The van der Waals surface area contributed by atoms with E-state index in [2.05, 4.69) is 43.5 Å². The van der Waals surface area contributed by atoms with Gasteiger partial charge in [-0.3, -0.25) is 9.59 Å². The summed E-state index contributed by atoms with van der Waals surface area (Å²) in [5.74, 6) is -0.0140. The highest BCUT2D eigenvalue weighted by molar-refractivity contribution is 5.76. The predicted octanol–water partition coefficient (Wildman–Crippen LogP) is 23.7. The summed E-state index contributed by atoms with van der Waals surface area (Å²) in [4.78, 5) is 24.6. The van der Waals surface area contributed by atoms with Gasteiger partial charge in [-0.2, -0.15) is 0 Å². The molecule has 0 rings (SSSR count). The van der Waals surface area contributed by atoms with E-state index in [0.717, 1.165) is 51.4 Å². The van der Waals surface area contributed by atoms with Crippen molar-refractivity contribution < 1.29 is 24.5 Å². The number of carbonyl (C=O) groups excluding carboxylic acids is 2. The molecule has 0 bridgehead atoms. The summed E-state index contributed by atoms with van der Waals surface area (Å²) in [5, 5.41) is 23.3. The van der Waals surface area contributed by atoms with Crippen molar-refractivity contribution in [3.05, 3.63) is 24.3 Å². The highest BCUT2D eigenvalue weighted by atomic mass is 16.5. The Bertz CT molecular complexity index is 1250. The van der Waals surface area contributed by atoms with Crippen molar-refractivity contribution >= 4 is 11.9 Å².